The Hall–Kier alpha value is 0.354. The van der Waals surface area contributed by atoms with Gasteiger partial charge in [0.1, 0.15) is 0 Å². The molecule has 0 atom stereocenters. The van der Waals surface area contributed by atoms with Crippen molar-refractivity contribution in [2.24, 2.45) is 0 Å². The van der Waals surface area contributed by atoms with Crippen molar-refractivity contribution in [3.8, 4) is 0 Å². The maximum Gasteiger partial charge on any atom is 4.00 e. The summed E-state index contributed by atoms with van der Waals surface area (Å²) < 4.78 is 0. The van der Waals surface area contributed by atoms with Crippen LogP contribution in [0.2, 0.25) is 0 Å². The maximum absolute atomic E-state index is 2.12. The fraction of sp³-hybridized carbons (Fsp3) is 0. The van der Waals surface area contributed by atoms with Gasteiger partial charge in [0, 0.05) is 0 Å². The summed E-state index contributed by atoms with van der Waals surface area (Å²) in [6, 6.07) is 24.7. The van der Waals surface area contributed by atoms with Gasteiger partial charge in [-0.15, -0.1) is 29.7 Å². The third-order valence-corrected chi connectivity index (χ3v) is 2.10. The number of hydrogen-bond acceptors (Lipinski definition) is 0. The predicted octanol–water partition coefficient (Wildman–Crippen LogP) is -2.03. The normalized spacial score (nSPS) is 7.76. The molecule has 0 aliphatic heterocycles. The van der Waals surface area contributed by atoms with Gasteiger partial charge >= 0.3 is 21.7 Å². The van der Waals surface area contributed by atoms with Crippen LogP contribution in [-0.2, 0) is 21.7 Å². The zero-order valence-corrected chi connectivity index (χ0v) is 15.1. The second-order valence-corrected chi connectivity index (χ2v) is 3.12. The van der Waals surface area contributed by atoms with E-state index in [4.69, 9.17) is 0 Å². The van der Waals surface area contributed by atoms with E-state index < -0.39 is 0 Å². The first-order valence-electron chi connectivity index (χ1n) is 4.74. The molecule has 3 heteroatoms. The molecule has 0 unspecified atom stereocenters. The van der Waals surface area contributed by atoms with E-state index in [0.29, 0.717) is 0 Å². The molecule has 0 bridgehead atoms. The average Bonchev–Trinajstić information content (AvgIpc) is 2.92. The third-order valence-electron chi connectivity index (χ3n) is 2.10. The van der Waals surface area contributed by atoms with Crippen LogP contribution >= 0.6 is 0 Å². The quantitative estimate of drug-likeness (QED) is 0.197. The molecule has 0 aromatic heterocycles. The van der Waals surface area contributed by atoms with Crippen LogP contribution in [-0.4, -0.2) is 0 Å². The average molecular weight is 482 g/mol. The van der Waals surface area contributed by atoms with Crippen LogP contribution in [0, 0.1) is 0 Å². The fourth-order valence-corrected chi connectivity index (χ4v) is 1.39. The van der Waals surface area contributed by atoms with E-state index in [0.717, 1.165) is 0 Å². The number of rotatable bonds is 0. The zero-order chi connectivity index (χ0) is 9.64. The first-order valence-corrected chi connectivity index (χ1v) is 4.74. The maximum atomic E-state index is 2.12. The molecule has 0 saturated carbocycles. The van der Waals surface area contributed by atoms with Crippen LogP contribution in [0.3, 0.4) is 0 Å². The molecule has 0 spiro atoms. The Morgan fingerprint density at radius 3 is 1.88 bits per heavy atom. The van der Waals surface area contributed by atoms with Crippen molar-refractivity contribution in [3.05, 3.63) is 72.8 Å². The molecule has 3 rings (SSSR count). The monoisotopic (exact) mass is 482 g/mol. The minimum Gasteiger partial charge on any atom is -1.00 e. The molecule has 0 saturated heterocycles. The van der Waals surface area contributed by atoms with Crippen LogP contribution in [0.25, 0.3) is 10.8 Å². The van der Waals surface area contributed by atoms with Gasteiger partial charge in [-0.25, -0.2) is 12.1 Å². The van der Waals surface area contributed by atoms with Gasteiger partial charge in [-0.1, -0.05) is 6.07 Å². The van der Waals surface area contributed by atoms with E-state index in [1.54, 1.807) is 0 Å². The van der Waals surface area contributed by atoms with E-state index in [2.05, 4.69) is 42.5 Å². The summed E-state index contributed by atoms with van der Waals surface area (Å²) in [6.45, 7) is 0. The molecular weight excluding hydrogens is 470 g/mol. The fourth-order valence-electron chi connectivity index (χ4n) is 1.39. The molecule has 0 fully saturated rings. The third kappa shape index (κ3) is 6.74. The van der Waals surface area contributed by atoms with E-state index in [1.807, 2.05) is 30.3 Å². The molecule has 3 aromatic carbocycles. The van der Waals surface area contributed by atoms with Crippen LogP contribution < -0.4 is 48.0 Å². The first-order chi connectivity index (χ1) is 6.97. The minimum atomic E-state index is 0. The Kier molecular flexibility index (Phi) is 13.3. The van der Waals surface area contributed by atoms with E-state index in [-0.39, 0.29) is 69.7 Å². The van der Waals surface area contributed by atoms with Gasteiger partial charge in [0.2, 0.25) is 0 Å². The summed E-state index contributed by atoms with van der Waals surface area (Å²) in [5.41, 5.74) is 0. The van der Waals surface area contributed by atoms with Crippen molar-refractivity contribution >= 4 is 10.8 Å². The minimum absolute atomic E-state index is 0. The van der Waals surface area contributed by atoms with Crippen molar-refractivity contribution in [1.82, 2.24) is 0 Å². The van der Waals surface area contributed by atoms with E-state index in [9.17, 15) is 0 Å². The molecule has 3 aromatic rings. The Balaban J connectivity index is 0. The van der Waals surface area contributed by atoms with Gasteiger partial charge in [0.25, 0.3) is 0 Å². The van der Waals surface area contributed by atoms with Crippen LogP contribution in [0.4, 0.5) is 0 Å². The summed E-state index contributed by atoms with van der Waals surface area (Å²) in [6.07, 6.45) is 0. The van der Waals surface area contributed by atoms with Gasteiger partial charge in [0.05, 0.1) is 0 Å². The second kappa shape index (κ2) is 11.4. The topological polar surface area (TPSA) is 0 Å². The summed E-state index contributed by atoms with van der Waals surface area (Å²) in [5, 5.41) is 2.66. The molecule has 17 heavy (non-hydrogen) atoms. The molecule has 0 aliphatic carbocycles. The van der Waals surface area contributed by atoms with Gasteiger partial charge in [-0.2, -0.15) is 35.7 Å². The molecule has 0 radical (unpaired) electrons. The molecule has 0 amide bonds. The molecule has 0 N–H and O–H groups in total. The summed E-state index contributed by atoms with van der Waals surface area (Å²) in [7, 11) is 0. The van der Waals surface area contributed by atoms with Crippen molar-refractivity contribution in [1.29, 1.82) is 0 Å². The van der Waals surface area contributed by atoms with Gasteiger partial charge in [-0.05, 0) is 0 Å². The Morgan fingerprint density at radius 2 is 1.35 bits per heavy atom. The molecule has 0 aliphatic rings. The van der Waals surface area contributed by atoms with E-state index in [1.165, 1.54) is 10.8 Å². The van der Waals surface area contributed by atoms with Crippen molar-refractivity contribution < 1.29 is 69.7 Å². The Labute approximate surface area is 151 Å². The van der Waals surface area contributed by atoms with Crippen LogP contribution in [0.1, 0.15) is 0 Å². The zero-order valence-electron chi connectivity index (χ0n) is 9.18. The van der Waals surface area contributed by atoms with Crippen LogP contribution in [0.5, 0.6) is 0 Å². The number of benzene rings is 1. The first kappa shape index (κ1) is 19.7. The Morgan fingerprint density at radius 1 is 0.706 bits per heavy atom. The largest absolute Gasteiger partial charge is 4.00 e. The van der Waals surface area contributed by atoms with Crippen molar-refractivity contribution in [2.45, 2.75) is 0 Å². The standard InChI is InChI=1S/C9H7.C5H5.2HI.Ti/c1-2-5-9-7-3-6-8(9)4-1;1-2-4-5-3-1;;;/h1-7H;1-5H;2*1H;/q2*-1;;;+4/p-2. The van der Waals surface area contributed by atoms with Gasteiger partial charge in [0.15, 0.2) is 0 Å². The number of fused-ring (bicyclic) bond motifs is 1. The second-order valence-electron chi connectivity index (χ2n) is 3.12. The molecular formula is C14H12I2Ti. The van der Waals surface area contributed by atoms with Gasteiger partial charge < -0.3 is 48.0 Å². The molecule has 0 nitrogen and oxygen atoms in total. The van der Waals surface area contributed by atoms with Crippen molar-refractivity contribution in [2.75, 3.05) is 0 Å². The SMILES string of the molecule is [I-].[I-].[Ti+4].c1cc[cH-]c1.c1ccc2[cH-]ccc2c1. The van der Waals surface area contributed by atoms with Gasteiger partial charge in [-0.3, -0.25) is 0 Å². The summed E-state index contributed by atoms with van der Waals surface area (Å²) in [5.74, 6) is 0. The van der Waals surface area contributed by atoms with E-state index >= 15 is 0 Å². The predicted molar refractivity (Wildman–Crippen MR) is 61.6 cm³/mol. The molecule has 86 valence electrons. The summed E-state index contributed by atoms with van der Waals surface area (Å²) >= 11 is 0. The Bertz CT molecular complexity index is 424. The number of halogens is 2. The number of hydrogen-bond donors (Lipinski definition) is 0. The smallest absolute Gasteiger partial charge is 1.00 e. The summed E-state index contributed by atoms with van der Waals surface area (Å²) in [4.78, 5) is 0. The van der Waals surface area contributed by atoms with Crippen LogP contribution in [0.15, 0.2) is 72.8 Å². The molecule has 0 heterocycles. The van der Waals surface area contributed by atoms with Crippen molar-refractivity contribution in [3.63, 3.8) is 0 Å².